The number of rotatable bonds is 5. The Labute approximate surface area is 167 Å². The Kier molecular flexibility index (Phi) is 6.70. The van der Waals surface area contributed by atoms with Crippen LogP contribution in [0.5, 0.6) is 0 Å². The SMILES string of the molecule is CC(C)N1CC(C(=O)N2CCCN(C(=O)CCc3ccccc3)CC2)CC1=O. The van der Waals surface area contributed by atoms with E-state index in [0.29, 0.717) is 45.6 Å². The van der Waals surface area contributed by atoms with Gasteiger partial charge in [0, 0.05) is 51.6 Å². The third-order valence-corrected chi connectivity index (χ3v) is 5.76. The Morgan fingerprint density at radius 3 is 2.39 bits per heavy atom. The van der Waals surface area contributed by atoms with Crippen molar-refractivity contribution in [1.82, 2.24) is 14.7 Å². The minimum Gasteiger partial charge on any atom is -0.341 e. The van der Waals surface area contributed by atoms with Crippen molar-refractivity contribution in [2.24, 2.45) is 5.92 Å². The van der Waals surface area contributed by atoms with Crippen LogP contribution in [0, 0.1) is 5.92 Å². The van der Waals surface area contributed by atoms with Gasteiger partial charge in [-0.15, -0.1) is 0 Å². The minimum absolute atomic E-state index is 0.0649. The van der Waals surface area contributed by atoms with E-state index in [1.807, 2.05) is 54.0 Å². The van der Waals surface area contributed by atoms with Crippen molar-refractivity contribution in [3.63, 3.8) is 0 Å². The van der Waals surface area contributed by atoms with Gasteiger partial charge in [-0.25, -0.2) is 0 Å². The summed E-state index contributed by atoms with van der Waals surface area (Å²) in [6, 6.07) is 10.2. The maximum absolute atomic E-state index is 12.9. The van der Waals surface area contributed by atoms with Gasteiger partial charge in [0.25, 0.3) is 0 Å². The van der Waals surface area contributed by atoms with E-state index in [0.717, 1.165) is 12.8 Å². The minimum atomic E-state index is -0.241. The van der Waals surface area contributed by atoms with Crippen molar-refractivity contribution in [1.29, 1.82) is 0 Å². The van der Waals surface area contributed by atoms with E-state index in [4.69, 9.17) is 0 Å². The summed E-state index contributed by atoms with van der Waals surface area (Å²) in [6.45, 7) is 6.97. The molecule has 2 heterocycles. The Bertz CT molecular complexity index is 704. The lowest BCUT2D eigenvalue weighted by Crippen LogP contribution is -2.41. The predicted octanol–water partition coefficient (Wildman–Crippen LogP) is 1.94. The molecule has 1 aromatic carbocycles. The van der Waals surface area contributed by atoms with Gasteiger partial charge >= 0.3 is 0 Å². The first-order chi connectivity index (χ1) is 13.5. The zero-order valence-corrected chi connectivity index (χ0v) is 17.0. The molecule has 6 heteroatoms. The first kappa shape index (κ1) is 20.4. The zero-order chi connectivity index (χ0) is 20.1. The summed E-state index contributed by atoms with van der Waals surface area (Å²) in [4.78, 5) is 43.1. The number of nitrogens with zero attached hydrogens (tertiary/aromatic N) is 3. The van der Waals surface area contributed by atoms with Crippen molar-refractivity contribution in [2.45, 2.75) is 45.6 Å². The fraction of sp³-hybridized carbons (Fsp3) is 0.591. The number of hydrogen-bond donors (Lipinski definition) is 0. The van der Waals surface area contributed by atoms with Gasteiger partial charge in [-0.3, -0.25) is 14.4 Å². The molecule has 1 aromatic rings. The van der Waals surface area contributed by atoms with Crippen LogP contribution in [0.2, 0.25) is 0 Å². The van der Waals surface area contributed by atoms with Crippen LogP contribution in [0.3, 0.4) is 0 Å². The number of likely N-dealkylation sites (tertiary alicyclic amines) is 1. The molecule has 0 spiro atoms. The highest BCUT2D eigenvalue weighted by molar-refractivity contribution is 5.89. The number of carbonyl (C=O) groups is 3. The highest BCUT2D eigenvalue weighted by Gasteiger charge is 2.37. The summed E-state index contributed by atoms with van der Waals surface area (Å²) < 4.78 is 0. The van der Waals surface area contributed by atoms with Gasteiger partial charge in [-0.05, 0) is 32.3 Å². The standard InChI is InChI=1S/C22H31N3O3/c1-17(2)25-16-19(15-21(25)27)22(28)24-12-6-11-23(13-14-24)20(26)10-9-18-7-4-3-5-8-18/h3-5,7-8,17,19H,6,9-16H2,1-2H3. The predicted molar refractivity (Wildman–Crippen MR) is 107 cm³/mol. The largest absolute Gasteiger partial charge is 0.341 e. The van der Waals surface area contributed by atoms with E-state index in [2.05, 4.69) is 0 Å². The fourth-order valence-corrected chi connectivity index (χ4v) is 4.10. The van der Waals surface area contributed by atoms with Gasteiger partial charge < -0.3 is 14.7 Å². The third-order valence-electron chi connectivity index (χ3n) is 5.76. The molecule has 2 aliphatic heterocycles. The second-order valence-electron chi connectivity index (χ2n) is 8.09. The second-order valence-corrected chi connectivity index (χ2v) is 8.09. The quantitative estimate of drug-likeness (QED) is 0.778. The summed E-state index contributed by atoms with van der Waals surface area (Å²) >= 11 is 0. The molecule has 152 valence electrons. The van der Waals surface area contributed by atoms with Gasteiger partial charge in [-0.1, -0.05) is 30.3 Å². The van der Waals surface area contributed by atoms with E-state index in [1.165, 1.54) is 5.56 Å². The number of amides is 3. The Morgan fingerprint density at radius 1 is 1.04 bits per heavy atom. The third kappa shape index (κ3) is 4.91. The van der Waals surface area contributed by atoms with Gasteiger partial charge in [0.1, 0.15) is 0 Å². The van der Waals surface area contributed by atoms with Crippen LogP contribution < -0.4 is 0 Å². The van der Waals surface area contributed by atoms with Crippen molar-refractivity contribution < 1.29 is 14.4 Å². The molecular formula is C22H31N3O3. The van der Waals surface area contributed by atoms with E-state index < -0.39 is 0 Å². The van der Waals surface area contributed by atoms with Crippen molar-refractivity contribution in [3.8, 4) is 0 Å². The molecule has 28 heavy (non-hydrogen) atoms. The number of benzene rings is 1. The molecular weight excluding hydrogens is 354 g/mol. The van der Waals surface area contributed by atoms with E-state index in [9.17, 15) is 14.4 Å². The fourth-order valence-electron chi connectivity index (χ4n) is 4.10. The average Bonchev–Trinajstić information content (AvgIpc) is 2.92. The lowest BCUT2D eigenvalue weighted by molar-refractivity contribution is -0.136. The number of hydrogen-bond acceptors (Lipinski definition) is 3. The molecule has 0 aliphatic carbocycles. The Balaban J connectivity index is 1.49. The lowest BCUT2D eigenvalue weighted by Gasteiger charge is -2.25. The highest BCUT2D eigenvalue weighted by Crippen LogP contribution is 2.23. The lowest BCUT2D eigenvalue weighted by atomic mass is 10.1. The molecule has 0 radical (unpaired) electrons. The molecule has 0 saturated carbocycles. The Morgan fingerprint density at radius 2 is 1.71 bits per heavy atom. The summed E-state index contributed by atoms with van der Waals surface area (Å²) in [5.41, 5.74) is 1.17. The second kappa shape index (κ2) is 9.22. The highest BCUT2D eigenvalue weighted by atomic mass is 16.2. The summed E-state index contributed by atoms with van der Waals surface area (Å²) in [7, 11) is 0. The molecule has 2 fully saturated rings. The van der Waals surface area contributed by atoms with Gasteiger partial charge in [0.15, 0.2) is 0 Å². The van der Waals surface area contributed by atoms with Crippen LogP contribution >= 0.6 is 0 Å². The summed E-state index contributed by atoms with van der Waals surface area (Å²) in [5.74, 6) is 0.0476. The van der Waals surface area contributed by atoms with Crippen LogP contribution in [0.1, 0.15) is 38.7 Å². The molecule has 0 aromatic heterocycles. The van der Waals surface area contributed by atoms with Gasteiger partial charge in [-0.2, -0.15) is 0 Å². The van der Waals surface area contributed by atoms with E-state index >= 15 is 0 Å². The van der Waals surface area contributed by atoms with Crippen molar-refractivity contribution in [2.75, 3.05) is 32.7 Å². The molecule has 0 bridgehead atoms. The van der Waals surface area contributed by atoms with Gasteiger partial charge in [0.05, 0.1) is 5.92 Å². The van der Waals surface area contributed by atoms with Crippen LogP contribution in [-0.4, -0.2) is 71.2 Å². The zero-order valence-electron chi connectivity index (χ0n) is 17.0. The molecule has 0 N–H and O–H groups in total. The maximum atomic E-state index is 12.9. The molecule has 3 rings (SSSR count). The molecule has 2 aliphatic rings. The van der Waals surface area contributed by atoms with Crippen LogP contribution in [0.25, 0.3) is 0 Å². The molecule has 2 saturated heterocycles. The smallest absolute Gasteiger partial charge is 0.228 e. The first-order valence-corrected chi connectivity index (χ1v) is 10.4. The van der Waals surface area contributed by atoms with Crippen LogP contribution in [-0.2, 0) is 20.8 Å². The Hall–Kier alpha value is -2.37. The van der Waals surface area contributed by atoms with E-state index in [1.54, 1.807) is 4.90 Å². The number of aryl methyl sites for hydroxylation is 1. The average molecular weight is 386 g/mol. The topological polar surface area (TPSA) is 60.9 Å². The first-order valence-electron chi connectivity index (χ1n) is 10.4. The molecule has 3 amide bonds. The van der Waals surface area contributed by atoms with Crippen LogP contribution in [0.15, 0.2) is 30.3 Å². The number of carbonyl (C=O) groups excluding carboxylic acids is 3. The molecule has 1 unspecified atom stereocenters. The van der Waals surface area contributed by atoms with E-state index in [-0.39, 0.29) is 29.7 Å². The maximum Gasteiger partial charge on any atom is 0.228 e. The summed E-state index contributed by atoms with van der Waals surface area (Å²) in [6.07, 6.45) is 2.34. The summed E-state index contributed by atoms with van der Waals surface area (Å²) in [5, 5.41) is 0. The van der Waals surface area contributed by atoms with Crippen molar-refractivity contribution in [3.05, 3.63) is 35.9 Å². The molecule has 1 atom stereocenters. The van der Waals surface area contributed by atoms with Crippen molar-refractivity contribution >= 4 is 17.7 Å². The normalized spacial score (nSPS) is 20.6. The van der Waals surface area contributed by atoms with Gasteiger partial charge in [0.2, 0.25) is 17.7 Å². The molecule has 6 nitrogen and oxygen atoms in total. The monoisotopic (exact) mass is 385 g/mol. The van der Waals surface area contributed by atoms with Crippen LogP contribution in [0.4, 0.5) is 0 Å².